The number of nitrogens with zero attached hydrogens (tertiary/aromatic N) is 4. The van der Waals surface area contributed by atoms with Gasteiger partial charge >= 0.3 is 0 Å². The van der Waals surface area contributed by atoms with Crippen molar-refractivity contribution in [3.63, 3.8) is 0 Å². The molecule has 51 heavy (non-hydrogen) atoms. The molecule has 0 N–H and O–H groups in total. The Morgan fingerprint density at radius 1 is 0.941 bits per heavy atom. The second kappa shape index (κ2) is 14.5. The van der Waals surface area contributed by atoms with Crippen LogP contribution in [0.15, 0.2) is 71.6 Å². The first kappa shape index (κ1) is 36.1. The Bertz CT molecular complexity index is 1920. The zero-order chi connectivity index (χ0) is 36.5. The largest absolute Gasteiger partial charge is 0.497 e. The highest BCUT2D eigenvalue weighted by atomic mass is 32.2. The molecule has 6 rings (SSSR count). The quantitative estimate of drug-likeness (QED) is 0.271. The smallest absolute Gasteiger partial charge is 0.274 e. The van der Waals surface area contributed by atoms with E-state index in [-0.39, 0.29) is 54.3 Å². The number of methoxy groups -OCH3 is 3. The van der Waals surface area contributed by atoms with Crippen molar-refractivity contribution in [1.82, 2.24) is 14.7 Å². The summed E-state index contributed by atoms with van der Waals surface area (Å²) in [7, 11) is 2.88. The van der Waals surface area contributed by atoms with Gasteiger partial charge in [-0.2, -0.15) is 0 Å². The second-order valence-corrected chi connectivity index (χ2v) is 14.3. The Balaban J connectivity index is 1.50. The van der Waals surface area contributed by atoms with E-state index in [1.807, 2.05) is 0 Å². The first-order chi connectivity index (χ1) is 24.5. The standard InChI is InChI=1S/C36H42N4O10S/c1-37(2)34(42)29-20-25(50-19-17-38-16-18-49-23-33(38)41)22-39(29)36(27-11-7-9-13-30(27)47-4)26-10-6-8-12-28(26)40(35(36)43)51(44,45)32-15-14-24(46-3)21-31(32)48-5/h6-15,21,25,29H,16-20,22-23H2,1-5H3/t25-,29+,36-/m1/s1. The first-order valence-electron chi connectivity index (χ1n) is 16.5. The molecule has 3 atom stereocenters. The molecule has 3 aromatic carbocycles. The molecule has 3 aromatic rings. The molecule has 3 aliphatic heterocycles. The zero-order valence-corrected chi connectivity index (χ0v) is 30.1. The summed E-state index contributed by atoms with van der Waals surface area (Å²) < 4.78 is 58.5. The van der Waals surface area contributed by atoms with Crippen molar-refractivity contribution in [2.24, 2.45) is 0 Å². The molecule has 0 unspecified atom stereocenters. The number of rotatable bonds is 12. The number of anilines is 1. The van der Waals surface area contributed by atoms with Crippen molar-refractivity contribution >= 4 is 33.4 Å². The zero-order valence-electron chi connectivity index (χ0n) is 29.2. The molecule has 0 aliphatic carbocycles. The van der Waals surface area contributed by atoms with Crippen molar-refractivity contribution in [3.8, 4) is 17.2 Å². The number of morpholine rings is 1. The summed E-state index contributed by atoms with van der Waals surface area (Å²) in [6.07, 6.45) is -0.339. The third-order valence-corrected chi connectivity index (χ3v) is 11.3. The van der Waals surface area contributed by atoms with E-state index in [1.165, 1.54) is 44.4 Å². The Kier molecular flexibility index (Phi) is 10.3. The van der Waals surface area contributed by atoms with Gasteiger partial charge in [0, 0.05) is 50.9 Å². The highest BCUT2D eigenvalue weighted by Gasteiger charge is 2.64. The maximum Gasteiger partial charge on any atom is 0.274 e. The molecule has 3 heterocycles. The fraction of sp³-hybridized carbons (Fsp3) is 0.417. The summed E-state index contributed by atoms with van der Waals surface area (Å²) >= 11 is 0. The van der Waals surface area contributed by atoms with Gasteiger partial charge in [-0.1, -0.05) is 36.4 Å². The minimum atomic E-state index is -4.64. The number of hydrogen-bond acceptors (Lipinski definition) is 11. The van der Waals surface area contributed by atoms with Gasteiger partial charge in [-0.3, -0.25) is 19.3 Å². The predicted molar refractivity (Wildman–Crippen MR) is 185 cm³/mol. The Hall–Kier alpha value is -4.70. The molecule has 0 aromatic heterocycles. The van der Waals surface area contributed by atoms with Crippen LogP contribution in [0, 0.1) is 0 Å². The second-order valence-electron chi connectivity index (χ2n) is 12.6. The number of sulfonamides is 1. The van der Waals surface area contributed by atoms with Crippen LogP contribution >= 0.6 is 0 Å². The van der Waals surface area contributed by atoms with E-state index in [4.69, 9.17) is 23.7 Å². The summed E-state index contributed by atoms with van der Waals surface area (Å²) in [6.45, 7) is 1.51. The van der Waals surface area contributed by atoms with Crippen LogP contribution in [0.1, 0.15) is 17.5 Å². The van der Waals surface area contributed by atoms with E-state index in [0.717, 1.165) is 4.31 Å². The van der Waals surface area contributed by atoms with Crippen LogP contribution in [0.2, 0.25) is 0 Å². The van der Waals surface area contributed by atoms with Crippen LogP contribution in [-0.4, -0.2) is 128 Å². The topological polar surface area (TPSA) is 144 Å². The van der Waals surface area contributed by atoms with Crippen molar-refractivity contribution < 1.29 is 46.5 Å². The van der Waals surface area contributed by atoms with Gasteiger partial charge < -0.3 is 33.5 Å². The number of benzene rings is 3. The molecule has 272 valence electrons. The molecule has 15 heteroatoms. The van der Waals surface area contributed by atoms with Crippen molar-refractivity contribution in [1.29, 1.82) is 0 Å². The van der Waals surface area contributed by atoms with Gasteiger partial charge in [0.15, 0.2) is 5.54 Å². The van der Waals surface area contributed by atoms with E-state index >= 15 is 4.79 Å². The van der Waals surface area contributed by atoms with Crippen LogP contribution in [0.25, 0.3) is 0 Å². The number of para-hydroxylation sites is 2. The number of likely N-dealkylation sites (tertiary alicyclic amines) is 1. The molecule has 3 amide bonds. The highest BCUT2D eigenvalue weighted by molar-refractivity contribution is 7.93. The monoisotopic (exact) mass is 722 g/mol. The average Bonchev–Trinajstić information content (AvgIpc) is 3.68. The van der Waals surface area contributed by atoms with Gasteiger partial charge in [-0.05, 0) is 30.7 Å². The predicted octanol–water partition coefficient (Wildman–Crippen LogP) is 2.10. The summed E-state index contributed by atoms with van der Waals surface area (Å²) in [5.74, 6) is -0.550. The molecule has 0 bridgehead atoms. The molecule has 0 saturated carbocycles. The Morgan fingerprint density at radius 2 is 1.65 bits per heavy atom. The maximum atomic E-state index is 15.5. The van der Waals surface area contributed by atoms with Crippen molar-refractivity contribution in [3.05, 3.63) is 77.9 Å². The number of likely N-dealkylation sites (N-methyl/N-ethyl adjacent to an activating group) is 1. The van der Waals surface area contributed by atoms with E-state index in [1.54, 1.807) is 72.4 Å². The third-order valence-electron chi connectivity index (χ3n) is 9.61. The molecule has 2 saturated heterocycles. The molecule has 0 radical (unpaired) electrons. The van der Waals surface area contributed by atoms with Gasteiger partial charge in [-0.25, -0.2) is 12.7 Å². The van der Waals surface area contributed by atoms with Crippen LogP contribution in [-0.2, 0) is 39.4 Å². The molecular formula is C36H42N4O10S. The maximum absolute atomic E-state index is 15.5. The molecule has 3 aliphatic rings. The summed E-state index contributed by atoms with van der Waals surface area (Å²) in [6, 6.07) is 16.9. The van der Waals surface area contributed by atoms with Crippen LogP contribution in [0.5, 0.6) is 17.2 Å². The summed E-state index contributed by atoms with van der Waals surface area (Å²) in [5.41, 5.74) is -1.02. The molecule has 0 spiro atoms. The lowest BCUT2D eigenvalue weighted by molar-refractivity contribution is -0.144. The van der Waals surface area contributed by atoms with Crippen LogP contribution < -0.4 is 18.5 Å². The van der Waals surface area contributed by atoms with Gasteiger partial charge in [0.05, 0.1) is 52.4 Å². The van der Waals surface area contributed by atoms with Gasteiger partial charge in [-0.15, -0.1) is 0 Å². The lowest BCUT2D eigenvalue weighted by Gasteiger charge is -2.42. The lowest BCUT2D eigenvalue weighted by atomic mass is 9.80. The van der Waals surface area contributed by atoms with E-state index in [2.05, 4.69) is 0 Å². The van der Waals surface area contributed by atoms with Crippen LogP contribution in [0.4, 0.5) is 5.69 Å². The van der Waals surface area contributed by atoms with E-state index in [9.17, 15) is 18.0 Å². The Morgan fingerprint density at radius 3 is 2.33 bits per heavy atom. The van der Waals surface area contributed by atoms with Crippen LogP contribution in [0.3, 0.4) is 0 Å². The van der Waals surface area contributed by atoms with E-state index < -0.39 is 33.6 Å². The minimum Gasteiger partial charge on any atom is -0.497 e. The van der Waals surface area contributed by atoms with Crippen molar-refractivity contribution in [2.75, 3.05) is 79.2 Å². The number of hydrogen-bond donors (Lipinski definition) is 0. The number of amides is 3. The normalized spacial score (nSPS) is 22.2. The minimum absolute atomic E-state index is 0.0107. The first-order valence-corrected chi connectivity index (χ1v) is 17.9. The molecule has 14 nitrogen and oxygen atoms in total. The van der Waals surface area contributed by atoms with Gasteiger partial charge in [0.2, 0.25) is 11.8 Å². The van der Waals surface area contributed by atoms with Gasteiger partial charge in [0.25, 0.3) is 15.9 Å². The number of ether oxygens (including phenoxy) is 5. The summed E-state index contributed by atoms with van der Waals surface area (Å²) in [4.78, 5) is 46.6. The number of fused-ring (bicyclic) bond motifs is 1. The molecular weight excluding hydrogens is 680 g/mol. The van der Waals surface area contributed by atoms with Crippen molar-refractivity contribution in [2.45, 2.75) is 29.0 Å². The fourth-order valence-corrected chi connectivity index (χ4v) is 8.83. The van der Waals surface area contributed by atoms with Gasteiger partial charge in [0.1, 0.15) is 28.8 Å². The summed E-state index contributed by atoms with van der Waals surface area (Å²) in [5, 5.41) is 0. The Labute approximate surface area is 297 Å². The SMILES string of the molecule is COc1ccc(S(=O)(=O)N2C(=O)[C@@](c3ccccc3OC)(N3C[C@H](OCCN4CCOCC4=O)C[C@H]3C(=O)N(C)C)c3ccccc32)c(OC)c1. The number of carbonyl (C=O) groups excluding carboxylic acids is 3. The van der Waals surface area contributed by atoms with E-state index in [0.29, 0.717) is 42.3 Å². The lowest BCUT2D eigenvalue weighted by Crippen LogP contribution is -2.59. The average molecular weight is 723 g/mol. The fourth-order valence-electron chi connectivity index (χ4n) is 7.23. The molecule has 2 fully saturated rings. The highest BCUT2D eigenvalue weighted by Crippen LogP contribution is 2.54. The number of carbonyl (C=O) groups is 3. The third kappa shape index (κ3) is 6.17.